The number of aliphatic carboxylic acids is 1. The second-order valence-electron chi connectivity index (χ2n) is 4.16. The first-order chi connectivity index (χ1) is 5.61. The van der Waals surface area contributed by atoms with Crippen molar-refractivity contribution in [3.05, 3.63) is 0 Å². The quantitative estimate of drug-likeness (QED) is 0.647. The Kier molecular flexibility index (Phi) is 1.65. The van der Waals surface area contributed by atoms with E-state index >= 15 is 0 Å². The minimum atomic E-state index is -0.786. The van der Waals surface area contributed by atoms with E-state index in [1.807, 2.05) is 6.92 Å². The van der Waals surface area contributed by atoms with Crippen LogP contribution in [0.4, 0.5) is 0 Å². The van der Waals surface area contributed by atoms with Crippen LogP contribution in [-0.4, -0.2) is 22.8 Å². The summed E-state index contributed by atoms with van der Waals surface area (Å²) in [5, 5.41) is 8.85. The number of carboxylic acid groups (broad SMARTS) is 1. The summed E-state index contributed by atoms with van der Waals surface area (Å²) in [4.78, 5) is 10.8. The van der Waals surface area contributed by atoms with Crippen molar-refractivity contribution in [3.63, 3.8) is 0 Å². The lowest BCUT2D eigenvalue weighted by Gasteiger charge is -2.47. The maximum absolute atomic E-state index is 10.8. The molecular weight excluding hydrogens is 156 g/mol. The van der Waals surface area contributed by atoms with E-state index < -0.39 is 12.1 Å². The minimum Gasteiger partial charge on any atom is -0.479 e. The highest BCUT2D eigenvalue weighted by Gasteiger charge is 2.46. The molecule has 1 N–H and O–H groups in total. The SMILES string of the molecule is CC12CCC(CC1)C(C(=O)O)O2. The van der Waals surface area contributed by atoms with Gasteiger partial charge in [0.1, 0.15) is 0 Å². The van der Waals surface area contributed by atoms with Gasteiger partial charge in [-0.2, -0.15) is 0 Å². The highest BCUT2D eigenvalue weighted by Crippen LogP contribution is 2.44. The van der Waals surface area contributed by atoms with Crippen LogP contribution in [0.3, 0.4) is 0 Å². The van der Waals surface area contributed by atoms with Crippen molar-refractivity contribution in [2.45, 2.75) is 44.3 Å². The van der Waals surface area contributed by atoms with Crippen molar-refractivity contribution in [1.29, 1.82) is 0 Å². The fraction of sp³-hybridized carbons (Fsp3) is 0.889. The van der Waals surface area contributed by atoms with Gasteiger partial charge >= 0.3 is 5.97 Å². The van der Waals surface area contributed by atoms with E-state index in [1.165, 1.54) is 0 Å². The molecule has 3 rings (SSSR count). The lowest BCUT2D eigenvalue weighted by atomic mass is 9.73. The molecule has 2 aliphatic heterocycles. The molecule has 0 aromatic heterocycles. The maximum Gasteiger partial charge on any atom is 0.333 e. The molecule has 3 heteroatoms. The summed E-state index contributed by atoms with van der Waals surface area (Å²) in [5.41, 5.74) is -0.141. The number of carboxylic acids is 1. The van der Waals surface area contributed by atoms with Gasteiger partial charge in [-0.1, -0.05) is 0 Å². The van der Waals surface area contributed by atoms with E-state index in [2.05, 4.69) is 0 Å². The molecule has 3 nitrogen and oxygen atoms in total. The zero-order valence-corrected chi connectivity index (χ0v) is 7.25. The molecule has 68 valence electrons. The molecule has 0 spiro atoms. The Balaban J connectivity index is 2.16. The average Bonchev–Trinajstić information content (AvgIpc) is 2.04. The maximum atomic E-state index is 10.8. The third-order valence-corrected chi connectivity index (χ3v) is 3.17. The van der Waals surface area contributed by atoms with Gasteiger partial charge < -0.3 is 9.84 Å². The third-order valence-electron chi connectivity index (χ3n) is 3.17. The van der Waals surface area contributed by atoms with Gasteiger partial charge in [0.25, 0.3) is 0 Å². The van der Waals surface area contributed by atoms with Gasteiger partial charge in [0.15, 0.2) is 6.10 Å². The molecular formula is C9H14O3. The van der Waals surface area contributed by atoms with E-state index in [0.29, 0.717) is 0 Å². The number of hydrogen-bond donors (Lipinski definition) is 1. The van der Waals surface area contributed by atoms with E-state index in [0.717, 1.165) is 25.7 Å². The second-order valence-corrected chi connectivity index (χ2v) is 4.16. The molecule has 1 atom stereocenters. The Bertz CT molecular complexity index is 204. The molecule has 2 bridgehead atoms. The zero-order chi connectivity index (χ0) is 8.77. The smallest absolute Gasteiger partial charge is 0.333 e. The van der Waals surface area contributed by atoms with Gasteiger partial charge in [0.05, 0.1) is 5.60 Å². The van der Waals surface area contributed by atoms with Gasteiger partial charge in [-0.05, 0) is 38.5 Å². The summed E-state index contributed by atoms with van der Waals surface area (Å²) in [6, 6.07) is 0. The van der Waals surface area contributed by atoms with Crippen molar-refractivity contribution in [3.8, 4) is 0 Å². The molecule has 0 radical (unpaired) electrons. The number of hydrogen-bond acceptors (Lipinski definition) is 2. The lowest BCUT2D eigenvalue weighted by Crippen LogP contribution is -2.51. The summed E-state index contributed by atoms with van der Waals surface area (Å²) < 4.78 is 5.53. The largest absolute Gasteiger partial charge is 0.479 e. The van der Waals surface area contributed by atoms with Crippen LogP contribution in [0.2, 0.25) is 0 Å². The first-order valence-corrected chi connectivity index (χ1v) is 4.51. The molecule has 2 saturated heterocycles. The Morgan fingerprint density at radius 3 is 2.42 bits per heavy atom. The molecule has 0 amide bonds. The monoisotopic (exact) mass is 170 g/mol. The number of ether oxygens (including phenoxy) is 1. The lowest BCUT2D eigenvalue weighted by molar-refractivity contribution is -0.203. The summed E-state index contributed by atoms with van der Waals surface area (Å²) in [5.74, 6) is -0.519. The van der Waals surface area contributed by atoms with E-state index in [-0.39, 0.29) is 11.5 Å². The molecule has 3 aliphatic rings. The average molecular weight is 170 g/mol. The number of rotatable bonds is 1. The highest BCUT2D eigenvalue weighted by molar-refractivity contribution is 5.73. The zero-order valence-electron chi connectivity index (χ0n) is 7.25. The van der Waals surface area contributed by atoms with Gasteiger partial charge in [-0.15, -0.1) is 0 Å². The summed E-state index contributed by atoms with van der Waals surface area (Å²) in [7, 11) is 0. The van der Waals surface area contributed by atoms with Crippen LogP contribution in [0.15, 0.2) is 0 Å². The first kappa shape index (κ1) is 8.05. The van der Waals surface area contributed by atoms with Gasteiger partial charge in [-0.25, -0.2) is 4.79 Å². The van der Waals surface area contributed by atoms with Gasteiger partial charge in [0, 0.05) is 0 Å². The van der Waals surface area contributed by atoms with E-state index in [1.54, 1.807) is 0 Å². The molecule has 3 fully saturated rings. The summed E-state index contributed by atoms with van der Waals surface area (Å²) >= 11 is 0. The predicted molar refractivity (Wildman–Crippen MR) is 42.9 cm³/mol. The molecule has 0 aromatic carbocycles. The van der Waals surface area contributed by atoms with Gasteiger partial charge in [0.2, 0.25) is 0 Å². The molecule has 1 saturated carbocycles. The topological polar surface area (TPSA) is 46.5 Å². The highest BCUT2D eigenvalue weighted by atomic mass is 16.5. The Morgan fingerprint density at radius 1 is 1.50 bits per heavy atom. The Labute approximate surface area is 71.7 Å². The fourth-order valence-electron chi connectivity index (χ4n) is 2.33. The minimum absolute atomic E-state index is 0.141. The van der Waals surface area contributed by atoms with Crippen LogP contribution < -0.4 is 0 Å². The van der Waals surface area contributed by atoms with Crippen molar-refractivity contribution in [2.24, 2.45) is 5.92 Å². The standard InChI is InChI=1S/C9H14O3/c1-9-4-2-6(3-5-9)7(12-9)8(10)11/h6-7H,2-5H2,1H3,(H,10,11). The normalized spacial score (nSPS) is 46.1. The van der Waals surface area contributed by atoms with Crippen molar-refractivity contribution >= 4 is 5.97 Å². The fourth-order valence-corrected chi connectivity index (χ4v) is 2.33. The number of carbonyl (C=O) groups is 1. The molecule has 0 aromatic rings. The Hall–Kier alpha value is -0.570. The van der Waals surface area contributed by atoms with Crippen molar-refractivity contribution in [1.82, 2.24) is 0 Å². The summed E-state index contributed by atoms with van der Waals surface area (Å²) in [6.07, 6.45) is 3.57. The van der Waals surface area contributed by atoms with Crippen LogP contribution in [0, 0.1) is 5.92 Å². The van der Waals surface area contributed by atoms with Crippen LogP contribution in [0.1, 0.15) is 32.6 Å². The molecule has 12 heavy (non-hydrogen) atoms. The number of fused-ring (bicyclic) bond motifs is 3. The second kappa shape index (κ2) is 2.46. The van der Waals surface area contributed by atoms with Crippen molar-refractivity contribution in [2.75, 3.05) is 0 Å². The third kappa shape index (κ3) is 1.12. The van der Waals surface area contributed by atoms with E-state index in [9.17, 15) is 4.79 Å². The first-order valence-electron chi connectivity index (χ1n) is 4.51. The van der Waals surface area contributed by atoms with Crippen LogP contribution in [0.25, 0.3) is 0 Å². The molecule has 1 aliphatic carbocycles. The predicted octanol–water partition coefficient (Wildman–Crippen LogP) is 1.42. The summed E-state index contributed by atoms with van der Waals surface area (Å²) in [6.45, 7) is 2.03. The Morgan fingerprint density at radius 2 is 2.08 bits per heavy atom. The van der Waals surface area contributed by atoms with Crippen LogP contribution >= 0.6 is 0 Å². The van der Waals surface area contributed by atoms with E-state index in [4.69, 9.17) is 9.84 Å². The van der Waals surface area contributed by atoms with Crippen LogP contribution in [0.5, 0.6) is 0 Å². The van der Waals surface area contributed by atoms with Gasteiger partial charge in [-0.3, -0.25) is 0 Å². The molecule has 1 unspecified atom stereocenters. The van der Waals surface area contributed by atoms with Crippen LogP contribution in [-0.2, 0) is 9.53 Å². The molecule has 2 heterocycles. The van der Waals surface area contributed by atoms with Crippen molar-refractivity contribution < 1.29 is 14.6 Å².